The Morgan fingerprint density at radius 1 is 0.521 bits per heavy atom. The summed E-state index contributed by atoms with van der Waals surface area (Å²) in [5.41, 5.74) is 1.45. The molecule has 0 radical (unpaired) electrons. The number of hydrogen-bond donors (Lipinski definition) is 1. The molecule has 2 heterocycles. The maximum Gasteiger partial charge on any atom is 0.342 e. The van der Waals surface area contributed by atoms with Crippen molar-refractivity contribution in [2.75, 3.05) is 55.9 Å². The highest BCUT2D eigenvalue weighted by molar-refractivity contribution is 6.17. The maximum atomic E-state index is 14.0. The first-order chi connectivity index (χ1) is 35.6. The number of aldehydes is 1. The summed E-state index contributed by atoms with van der Waals surface area (Å²) in [7, 11) is 8.12. The molecule has 73 heavy (non-hydrogen) atoms. The predicted molar refractivity (Wildman–Crippen MR) is 257 cm³/mol. The van der Waals surface area contributed by atoms with Crippen molar-refractivity contribution in [1.82, 2.24) is 19.9 Å². The third kappa shape index (κ3) is 14.0. The van der Waals surface area contributed by atoms with Crippen LogP contribution in [-0.4, -0.2) is 118 Å². The SMILES string of the molecule is CO/C=C(/C=O)c1ccccc1Oc1cc(Oc2ccccc2/C(=C\OC)C(=O)OCCOC(=O)C(c2ccccc2Oc2cc(Oc3ccccc3C(C(=O)O)C(OC)OC)ncn2)C(OC)OC)ncn1. The molecule has 0 bridgehead atoms. The molecule has 0 amide bonds. The molecule has 6 rings (SSSR count). The van der Waals surface area contributed by atoms with E-state index in [1.807, 2.05) is 0 Å². The van der Waals surface area contributed by atoms with E-state index in [4.69, 9.17) is 56.8 Å². The monoisotopic (exact) mass is 1000 g/mol. The average molecular weight is 1000 g/mol. The lowest BCUT2D eigenvalue weighted by molar-refractivity contribution is -0.168. The maximum absolute atomic E-state index is 14.0. The van der Waals surface area contributed by atoms with Gasteiger partial charge in [-0.2, -0.15) is 0 Å². The molecule has 2 aromatic heterocycles. The lowest BCUT2D eigenvalue weighted by atomic mass is 9.97. The molecule has 4 aromatic carbocycles. The van der Waals surface area contributed by atoms with Crippen LogP contribution in [0.15, 0.2) is 134 Å². The normalized spacial score (nSPS) is 12.3. The molecule has 0 saturated heterocycles. The van der Waals surface area contributed by atoms with Gasteiger partial charge in [0.15, 0.2) is 18.9 Å². The van der Waals surface area contributed by atoms with Crippen LogP contribution >= 0.6 is 0 Å². The minimum atomic E-state index is -1.25. The van der Waals surface area contributed by atoms with Crippen molar-refractivity contribution in [3.05, 3.63) is 157 Å². The number of aromatic nitrogens is 4. The van der Waals surface area contributed by atoms with E-state index >= 15 is 0 Å². The lowest BCUT2D eigenvalue weighted by Crippen LogP contribution is -2.32. The number of benzene rings is 4. The molecule has 0 saturated carbocycles. The zero-order chi connectivity index (χ0) is 52.1. The van der Waals surface area contributed by atoms with Crippen molar-refractivity contribution in [1.29, 1.82) is 0 Å². The minimum absolute atomic E-state index is 0.00121. The number of ether oxygens (including phenoxy) is 12. The van der Waals surface area contributed by atoms with Gasteiger partial charge in [-0.1, -0.05) is 72.8 Å². The number of rotatable bonds is 27. The summed E-state index contributed by atoms with van der Waals surface area (Å²) in [6.07, 6.45) is 3.20. The second-order valence-electron chi connectivity index (χ2n) is 14.8. The van der Waals surface area contributed by atoms with Gasteiger partial charge in [-0.25, -0.2) is 24.7 Å². The van der Waals surface area contributed by atoms with Crippen LogP contribution in [0.2, 0.25) is 0 Å². The van der Waals surface area contributed by atoms with E-state index in [1.165, 1.54) is 80.0 Å². The summed E-state index contributed by atoms with van der Waals surface area (Å²) >= 11 is 0. The number of methoxy groups -OCH3 is 6. The number of para-hydroxylation sites is 4. The van der Waals surface area contributed by atoms with Crippen molar-refractivity contribution in [3.63, 3.8) is 0 Å². The molecular weight excluding hydrogens is 953 g/mol. The zero-order valence-electron chi connectivity index (χ0n) is 40.3. The Morgan fingerprint density at radius 2 is 0.932 bits per heavy atom. The molecule has 2 unspecified atom stereocenters. The number of hydrogen-bond acceptors (Lipinski definition) is 20. The van der Waals surface area contributed by atoms with Crippen LogP contribution in [0.1, 0.15) is 34.1 Å². The first kappa shape index (κ1) is 53.6. The topological polar surface area (TPSA) is 251 Å². The molecule has 0 spiro atoms. The number of aliphatic carboxylic acids is 1. The van der Waals surface area contributed by atoms with Crippen LogP contribution in [0.5, 0.6) is 46.5 Å². The number of carbonyl (C=O) groups is 4. The summed E-state index contributed by atoms with van der Waals surface area (Å²) in [6.45, 7) is -0.779. The smallest absolute Gasteiger partial charge is 0.342 e. The summed E-state index contributed by atoms with van der Waals surface area (Å²) in [5.74, 6) is -4.43. The fraction of sp³-hybridized carbons (Fsp3) is 0.231. The predicted octanol–water partition coefficient (Wildman–Crippen LogP) is 7.89. The highest BCUT2D eigenvalue weighted by Gasteiger charge is 2.35. The van der Waals surface area contributed by atoms with Crippen molar-refractivity contribution in [2.45, 2.75) is 24.4 Å². The van der Waals surface area contributed by atoms with Crippen LogP contribution < -0.4 is 18.9 Å². The molecule has 0 aliphatic rings. The van der Waals surface area contributed by atoms with Gasteiger partial charge >= 0.3 is 17.9 Å². The van der Waals surface area contributed by atoms with E-state index in [1.54, 1.807) is 97.1 Å². The first-order valence-corrected chi connectivity index (χ1v) is 21.9. The summed E-state index contributed by atoms with van der Waals surface area (Å²) in [6, 6.07) is 29.1. The highest BCUT2D eigenvalue weighted by atomic mass is 16.7. The summed E-state index contributed by atoms with van der Waals surface area (Å²) in [4.78, 5) is 68.5. The largest absolute Gasteiger partial charge is 0.504 e. The average Bonchev–Trinajstić information content (AvgIpc) is 3.40. The van der Waals surface area contributed by atoms with Crippen LogP contribution in [0.25, 0.3) is 11.1 Å². The number of allylic oxidation sites excluding steroid dienone is 1. The molecule has 2 atom stereocenters. The Labute approximate surface area is 418 Å². The number of carboxylic acid groups (broad SMARTS) is 1. The molecular formula is C52H50N4O17. The second-order valence-corrected chi connectivity index (χ2v) is 14.8. The fourth-order valence-electron chi connectivity index (χ4n) is 7.14. The van der Waals surface area contributed by atoms with Gasteiger partial charge in [0.1, 0.15) is 66.3 Å². The van der Waals surface area contributed by atoms with Gasteiger partial charge in [0.2, 0.25) is 23.5 Å². The second kappa shape index (κ2) is 27.0. The number of nitrogens with zero attached hydrogens (tertiary/aromatic N) is 4. The molecule has 0 fully saturated rings. The zero-order valence-corrected chi connectivity index (χ0v) is 40.3. The van der Waals surface area contributed by atoms with Crippen molar-refractivity contribution in [3.8, 4) is 46.5 Å². The number of carbonyl (C=O) groups excluding carboxylic acids is 3. The number of esters is 2. The molecule has 21 heteroatoms. The Kier molecular flexibility index (Phi) is 19.8. The quantitative estimate of drug-likeness (QED) is 0.0129. The first-order valence-electron chi connectivity index (χ1n) is 21.9. The van der Waals surface area contributed by atoms with Crippen molar-refractivity contribution in [2.24, 2.45) is 0 Å². The van der Waals surface area contributed by atoms with Gasteiger partial charge in [0.25, 0.3) is 0 Å². The van der Waals surface area contributed by atoms with E-state index in [0.717, 1.165) is 0 Å². The third-order valence-electron chi connectivity index (χ3n) is 10.4. The third-order valence-corrected chi connectivity index (χ3v) is 10.4. The van der Waals surface area contributed by atoms with Gasteiger partial charge < -0.3 is 61.9 Å². The van der Waals surface area contributed by atoms with Gasteiger partial charge in [0, 0.05) is 50.7 Å². The van der Waals surface area contributed by atoms with Crippen LogP contribution in [-0.2, 0) is 57.1 Å². The van der Waals surface area contributed by atoms with Gasteiger partial charge in [-0.3, -0.25) is 14.4 Å². The van der Waals surface area contributed by atoms with Crippen LogP contribution in [0.4, 0.5) is 0 Å². The Balaban J connectivity index is 1.13. The Bertz CT molecular complexity index is 2890. The molecule has 21 nitrogen and oxygen atoms in total. The summed E-state index contributed by atoms with van der Waals surface area (Å²) < 4.78 is 67.5. The molecule has 6 aromatic rings. The van der Waals surface area contributed by atoms with Crippen molar-refractivity contribution < 1.29 is 81.1 Å². The Hall–Kier alpha value is -8.76. The van der Waals surface area contributed by atoms with Gasteiger partial charge in [-0.05, 0) is 24.3 Å². The lowest BCUT2D eigenvalue weighted by Gasteiger charge is -2.25. The van der Waals surface area contributed by atoms with Crippen LogP contribution in [0.3, 0.4) is 0 Å². The fourth-order valence-corrected chi connectivity index (χ4v) is 7.14. The van der Waals surface area contributed by atoms with E-state index in [2.05, 4.69) is 19.9 Å². The van der Waals surface area contributed by atoms with E-state index in [9.17, 15) is 24.3 Å². The van der Waals surface area contributed by atoms with E-state index < -0.39 is 48.9 Å². The molecule has 0 aliphatic carbocycles. The molecule has 0 aliphatic heterocycles. The van der Waals surface area contributed by atoms with E-state index in [-0.39, 0.29) is 75.2 Å². The molecule has 1 N–H and O–H groups in total. The molecule has 380 valence electrons. The Morgan fingerprint density at radius 3 is 1.41 bits per heavy atom. The summed E-state index contributed by atoms with van der Waals surface area (Å²) in [5, 5.41) is 10.1. The van der Waals surface area contributed by atoms with Gasteiger partial charge in [-0.15, -0.1) is 0 Å². The minimum Gasteiger partial charge on any atom is -0.504 e. The highest BCUT2D eigenvalue weighted by Crippen LogP contribution is 2.38. The van der Waals surface area contributed by atoms with Crippen molar-refractivity contribution >= 4 is 35.3 Å². The standard InChI is InChI=1S/C52H50N4O17/c1-62-28-32(27-57)33-15-7-11-19-38(33)70-42-25-43(54-30-53-42)71-39-20-12-8-16-34(39)37(29-63-2)49(60)68-23-24-69-50(61)47(52(66-5)67-6)36-18-10-14-22-41(36)73-45-26-44(55-31-56-45)72-40-21-13-9-17-35(40)46(48(58)59)51(64-3)65-4/h7-22,25-31,46-47,51-52H,23-24H2,1-6H3,(H,58,59)/b32-28-,37-29+. The van der Waals surface area contributed by atoms with Gasteiger partial charge in [0.05, 0.1) is 44.4 Å². The number of carboxylic acids is 1. The van der Waals surface area contributed by atoms with E-state index in [0.29, 0.717) is 17.6 Å². The van der Waals surface area contributed by atoms with Crippen LogP contribution in [0, 0.1) is 0 Å².